The van der Waals surface area contributed by atoms with E-state index in [-0.39, 0.29) is 11.7 Å². The van der Waals surface area contributed by atoms with Crippen LogP contribution in [0.25, 0.3) is 11.3 Å². The monoisotopic (exact) mass is 379 g/mol. The molecule has 0 spiro atoms. The van der Waals surface area contributed by atoms with Gasteiger partial charge in [0.25, 0.3) is 0 Å². The number of rotatable bonds is 6. The molecule has 0 aliphatic rings. The highest BCUT2D eigenvalue weighted by atomic mass is 32.1. The zero-order valence-corrected chi connectivity index (χ0v) is 15.1. The van der Waals surface area contributed by atoms with E-state index in [1.54, 1.807) is 30.3 Å². The van der Waals surface area contributed by atoms with E-state index in [1.807, 2.05) is 36.4 Å². The van der Waals surface area contributed by atoms with Gasteiger partial charge in [0.15, 0.2) is 5.11 Å². The van der Waals surface area contributed by atoms with Crippen molar-refractivity contribution >= 4 is 29.5 Å². The standard InChI is InChI=1S/C20H17N3O3S/c21-20(27)23-22-12-17-9-10-18(26-17)15-7-4-8-16(11-15)19(24)25-13-14-5-2-1-3-6-14/h1-12H,13H2,(H3,21,23,27). The molecule has 27 heavy (non-hydrogen) atoms. The number of esters is 1. The fraction of sp³-hybridized carbons (Fsp3) is 0.0500. The highest BCUT2D eigenvalue weighted by Gasteiger charge is 2.11. The Morgan fingerprint density at radius 1 is 1.15 bits per heavy atom. The number of carbonyl (C=O) groups is 1. The number of thiocarbonyl (C=S) groups is 1. The van der Waals surface area contributed by atoms with Gasteiger partial charge in [-0.1, -0.05) is 42.5 Å². The molecule has 0 saturated carbocycles. The first-order valence-corrected chi connectivity index (χ1v) is 8.52. The number of nitrogens with two attached hydrogens (primary N) is 1. The molecule has 0 amide bonds. The van der Waals surface area contributed by atoms with Crippen LogP contribution in [0.15, 0.2) is 76.2 Å². The molecule has 3 rings (SSSR count). The Kier molecular flexibility index (Phi) is 5.96. The van der Waals surface area contributed by atoms with Gasteiger partial charge in [0.1, 0.15) is 18.1 Å². The molecule has 136 valence electrons. The second-order valence-corrected chi connectivity index (χ2v) is 6.02. The molecule has 0 aliphatic carbocycles. The zero-order chi connectivity index (χ0) is 19.1. The minimum Gasteiger partial charge on any atom is -0.457 e. The summed E-state index contributed by atoms with van der Waals surface area (Å²) >= 11 is 4.66. The third-order valence-electron chi connectivity index (χ3n) is 3.59. The molecule has 3 aromatic rings. The van der Waals surface area contributed by atoms with Crippen molar-refractivity contribution in [2.75, 3.05) is 0 Å². The highest BCUT2D eigenvalue weighted by molar-refractivity contribution is 7.80. The average Bonchev–Trinajstić information content (AvgIpc) is 3.16. The number of hydrogen-bond acceptors (Lipinski definition) is 5. The van der Waals surface area contributed by atoms with Crippen molar-refractivity contribution in [2.45, 2.75) is 6.61 Å². The molecule has 1 aromatic heterocycles. The summed E-state index contributed by atoms with van der Waals surface area (Å²) in [4.78, 5) is 12.3. The number of benzene rings is 2. The predicted molar refractivity (Wildman–Crippen MR) is 107 cm³/mol. The Hall–Kier alpha value is -3.45. The molecule has 2 aromatic carbocycles. The summed E-state index contributed by atoms with van der Waals surface area (Å²) < 4.78 is 11.1. The van der Waals surface area contributed by atoms with Gasteiger partial charge < -0.3 is 14.9 Å². The van der Waals surface area contributed by atoms with Crippen molar-refractivity contribution in [2.24, 2.45) is 10.8 Å². The number of nitrogens with zero attached hydrogens (tertiary/aromatic N) is 1. The zero-order valence-electron chi connectivity index (χ0n) is 14.3. The number of hydrazone groups is 1. The van der Waals surface area contributed by atoms with Crippen LogP contribution >= 0.6 is 12.2 Å². The van der Waals surface area contributed by atoms with Gasteiger partial charge in [-0.25, -0.2) is 4.79 Å². The molecule has 0 atom stereocenters. The lowest BCUT2D eigenvalue weighted by molar-refractivity contribution is 0.0473. The van der Waals surface area contributed by atoms with Crippen LogP contribution in [0.1, 0.15) is 21.7 Å². The lowest BCUT2D eigenvalue weighted by atomic mass is 10.1. The van der Waals surface area contributed by atoms with Gasteiger partial charge in [0.05, 0.1) is 11.8 Å². The van der Waals surface area contributed by atoms with Gasteiger partial charge in [-0.05, 0) is 42.0 Å². The van der Waals surface area contributed by atoms with Gasteiger partial charge in [-0.15, -0.1) is 0 Å². The summed E-state index contributed by atoms with van der Waals surface area (Å²) in [5.41, 5.74) is 9.88. The molecule has 0 bridgehead atoms. The summed E-state index contributed by atoms with van der Waals surface area (Å²) in [7, 11) is 0. The number of carbonyl (C=O) groups excluding carboxylic acids is 1. The summed E-state index contributed by atoms with van der Waals surface area (Å²) in [5, 5.41) is 3.91. The van der Waals surface area contributed by atoms with Crippen LogP contribution in [-0.4, -0.2) is 17.3 Å². The second kappa shape index (κ2) is 8.77. The lowest BCUT2D eigenvalue weighted by Crippen LogP contribution is -2.23. The van der Waals surface area contributed by atoms with E-state index in [0.29, 0.717) is 17.1 Å². The first kappa shape index (κ1) is 18.3. The Balaban J connectivity index is 1.68. The molecular weight excluding hydrogens is 362 g/mol. The minimum atomic E-state index is -0.394. The Labute approximate surface area is 161 Å². The van der Waals surface area contributed by atoms with Crippen LogP contribution in [0.2, 0.25) is 0 Å². The number of ether oxygens (including phenoxy) is 1. The molecule has 7 heteroatoms. The maximum atomic E-state index is 12.3. The minimum absolute atomic E-state index is 0.0692. The summed E-state index contributed by atoms with van der Waals surface area (Å²) in [6.45, 7) is 0.223. The third kappa shape index (κ3) is 5.26. The molecule has 0 aliphatic heterocycles. The van der Waals surface area contributed by atoms with E-state index >= 15 is 0 Å². The summed E-state index contributed by atoms with van der Waals surface area (Å²) in [5.74, 6) is 0.727. The van der Waals surface area contributed by atoms with Crippen molar-refractivity contribution in [1.82, 2.24) is 5.43 Å². The van der Waals surface area contributed by atoms with Crippen molar-refractivity contribution < 1.29 is 13.9 Å². The summed E-state index contributed by atoms with van der Waals surface area (Å²) in [6, 6.07) is 20.1. The van der Waals surface area contributed by atoms with E-state index in [4.69, 9.17) is 14.9 Å². The summed E-state index contributed by atoms with van der Waals surface area (Å²) in [6.07, 6.45) is 1.46. The fourth-order valence-corrected chi connectivity index (χ4v) is 2.40. The number of hydrogen-bond donors (Lipinski definition) is 2. The molecule has 1 heterocycles. The second-order valence-electron chi connectivity index (χ2n) is 5.58. The van der Waals surface area contributed by atoms with Gasteiger partial charge in [0, 0.05) is 5.56 Å². The molecule has 0 fully saturated rings. The van der Waals surface area contributed by atoms with Gasteiger partial charge in [-0.3, -0.25) is 5.43 Å². The van der Waals surface area contributed by atoms with Crippen molar-refractivity contribution in [3.63, 3.8) is 0 Å². The Morgan fingerprint density at radius 3 is 2.74 bits per heavy atom. The van der Waals surface area contributed by atoms with Gasteiger partial charge >= 0.3 is 5.97 Å². The van der Waals surface area contributed by atoms with Crippen LogP contribution in [-0.2, 0) is 11.3 Å². The molecule has 3 N–H and O–H groups in total. The van der Waals surface area contributed by atoms with Crippen LogP contribution in [0.3, 0.4) is 0 Å². The number of furan rings is 1. The molecule has 6 nitrogen and oxygen atoms in total. The lowest BCUT2D eigenvalue weighted by Gasteiger charge is -2.06. The van der Waals surface area contributed by atoms with Crippen molar-refractivity contribution in [3.05, 3.63) is 83.6 Å². The number of nitrogens with one attached hydrogen (secondary N) is 1. The quantitative estimate of drug-likeness (QED) is 0.295. The van der Waals surface area contributed by atoms with Gasteiger partial charge in [-0.2, -0.15) is 5.10 Å². The van der Waals surface area contributed by atoms with Crippen LogP contribution < -0.4 is 11.2 Å². The molecular formula is C20H17N3O3S. The van der Waals surface area contributed by atoms with Crippen LogP contribution in [0.5, 0.6) is 0 Å². The average molecular weight is 379 g/mol. The van der Waals surface area contributed by atoms with E-state index in [1.165, 1.54) is 6.21 Å². The van der Waals surface area contributed by atoms with Crippen molar-refractivity contribution in [3.8, 4) is 11.3 Å². The molecule has 0 unspecified atom stereocenters. The van der Waals surface area contributed by atoms with E-state index in [9.17, 15) is 4.79 Å². The Morgan fingerprint density at radius 2 is 1.96 bits per heavy atom. The van der Waals surface area contributed by atoms with E-state index in [0.717, 1.165) is 11.1 Å². The smallest absolute Gasteiger partial charge is 0.338 e. The van der Waals surface area contributed by atoms with E-state index < -0.39 is 5.97 Å². The normalized spacial score (nSPS) is 10.7. The van der Waals surface area contributed by atoms with Crippen molar-refractivity contribution in [1.29, 1.82) is 0 Å². The topological polar surface area (TPSA) is 89.8 Å². The highest BCUT2D eigenvalue weighted by Crippen LogP contribution is 2.23. The Bertz CT molecular complexity index is 967. The van der Waals surface area contributed by atoms with Crippen LogP contribution in [0.4, 0.5) is 0 Å². The SMILES string of the molecule is NC(=S)NN=Cc1ccc(-c2cccc(C(=O)OCc3ccccc3)c2)o1. The first-order chi connectivity index (χ1) is 13.1. The maximum absolute atomic E-state index is 12.3. The first-order valence-electron chi connectivity index (χ1n) is 8.11. The molecule has 0 saturated heterocycles. The maximum Gasteiger partial charge on any atom is 0.338 e. The predicted octanol–water partition coefficient (Wildman–Crippen LogP) is 3.47. The van der Waals surface area contributed by atoms with Crippen LogP contribution in [0, 0.1) is 0 Å². The van der Waals surface area contributed by atoms with Gasteiger partial charge in [0.2, 0.25) is 0 Å². The van der Waals surface area contributed by atoms with E-state index in [2.05, 4.69) is 22.7 Å². The largest absolute Gasteiger partial charge is 0.457 e. The third-order valence-corrected chi connectivity index (χ3v) is 3.68. The fourth-order valence-electron chi connectivity index (χ4n) is 2.34. The molecule has 0 radical (unpaired) electrons.